The molecule has 8 aliphatic rings. The lowest BCUT2D eigenvalue weighted by Gasteiger charge is -2.70. The van der Waals surface area contributed by atoms with E-state index in [1.807, 2.05) is 6.92 Å². The van der Waals surface area contributed by atoms with Crippen molar-refractivity contribution in [2.75, 3.05) is 39.6 Å². The first-order valence-electron chi connectivity index (χ1n) is 27.2. The average molecular weight is 1110 g/mol. The summed E-state index contributed by atoms with van der Waals surface area (Å²) in [5.41, 5.74) is -3.22. The summed E-state index contributed by atoms with van der Waals surface area (Å²) in [7, 11) is 0. The molecular formula is C53H86O24. The van der Waals surface area contributed by atoms with E-state index in [1.54, 1.807) is 13.8 Å². The maximum atomic E-state index is 14.3. The molecule has 16 N–H and O–H groups in total. The van der Waals surface area contributed by atoms with Gasteiger partial charge in [-0.25, -0.2) is 0 Å². The zero-order valence-corrected chi connectivity index (χ0v) is 44.7. The van der Waals surface area contributed by atoms with Gasteiger partial charge in [0.1, 0.15) is 92.1 Å². The number of carbonyl (C=O) groups is 1. The molecule has 77 heavy (non-hydrogen) atoms. The number of hydrogen-bond acceptors (Lipinski definition) is 24. The lowest BCUT2D eigenvalue weighted by molar-refractivity contribution is -0.367. The van der Waals surface area contributed by atoms with Gasteiger partial charge in [-0.1, -0.05) is 45.4 Å². The number of esters is 1. The molecule has 0 radical (unpaired) electrons. The molecule has 0 bridgehead atoms. The van der Waals surface area contributed by atoms with Crippen LogP contribution in [0.2, 0.25) is 0 Å². The Bertz CT molecular complexity index is 2130. The number of fused-ring (bicyclic) bond motifs is 6. The summed E-state index contributed by atoms with van der Waals surface area (Å²) in [4.78, 5) is 14.3. The summed E-state index contributed by atoms with van der Waals surface area (Å²) in [5, 5.41) is 170. The fourth-order valence-electron chi connectivity index (χ4n) is 15.2. The molecule has 0 aromatic carbocycles. The normalized spacial score (nSPS) is 51.1. The number of allylic oxidation sites excluding steroid dienone is 3. The fraction of sp³-hybridized carbons (Fsp3) is 0.906. The molecule has 6 fully saturated rings. The Hall–Kier alpha value is -1.93. The molecule has 28 atom stereocenters. The van der Waals surface area contributed by atoms with E-state index < -0.39 is 188 Å². The molecular weight excluding hydrogens is 1020 g/mol. The predicted octanol–water partition coefficient (Wildman–Crippen LogP) is -3.90. The van der Waals surface area contributed by atoms with Crippen LogP contribution in [0.5, 0.6) is 0 Å². The van der Waals surface area contributed by atoms with Crippen molar-refractivity contribution in [1.29, 1.82) is 0 Å². The molecule has 5 aliphatic carbocycles. The third-order valence-electron chi connectivity index (χ3n) is 20.6. The number of rotatable bonds is 16. The monoisotopic (exact) mass is 1110 g/mol. The van der Waals surface area contributed by atoms with Crippen molar-refractivity contribution < 1.29 is 120 Å². The summed E-state index contributed by atoms with van der Waals surface area (Å²) in [6.07, 6.45) is -23.2. The van der Waals surface area contributed by atoms with Gasteiger partial charge in [-0.15, -0.1) is 0 Å². The largest absolute Gasteiger partial charge is 0.462 e. The SMILES string of the molecule is C[C@H]1O[C@@H](O[C@H]2CC[C@@]3(C)C(CC[C@]4(C)C3C=CC3=C5C[C@@](C)(C(=O)OC[C@H]6O[C@H](OCC(O)C(O)C(O)CO)[C@H](O)[C@@H](O)[C@@H]6O)CC[C@]5(CO)[C@H](O)C[C@]34C)[C@]2(C)CO)[C@H](O)[C@@H](O[C@@H]2O[C@H](CO)[C@@H](O)[C@H](O)[C@H]2O)[C@H]1O. The summed E-state index contributed by atoms with van der Waals surface area (Å²) in [5.74, 6) is -0.960. The van der Waals surface area contributed by atoms with E-state index in [2.05, 4.69) is 32.9 Å². The summed E-state index contributed by atoms with van der Waals surface area (Å²) >= 11 is 0. The molecule has 3 saturated heterocycles. The standard InChI is InChI=1S/C53H86O24/c1-23-34(61)43(77-45-41(68)38(65)36(63)28(18-55)74-45)42(69)46(73-23)76-33-10-11-49(3)30(50(33,4)21-56)9-12-51(5)31(49)8-7-24-25-15-48(2,13-14-53(25,22-57)32(60)16-52(24,51)6)47(70)72-20-29-37(64)39(66)40(67)44(75-29)71-19-27(59)35(62)26(58)17-54/h7-8,23,26-46,54-69H,9-22H2,1-6H3/t23-,26?,27?,28-,29-,30?,31?,32-,33+,34+,35?,36-,37-,38+,39+,40-,41-,42-,43+,44+,45+,46+,48+,49+,50+,51-,52-,53-/m1/s1. The van der Waals surface area contributed by atoms with E-state index in [4.69, 9.17) is 38.3 Å². The van der Waals surface area contributed by atoms with Crippen LogP contribution in [-0.2, 0) is 38.0 Å². The number of aliphatic hydroxyl groups excluding tert-OH is 16. The van der Waals surface area contributed by atoms with Crippen molar-refractivity contribution >= 4 is 5.97 Å². The quantitative estimate of drug-likeness (QED) is 0.0519. The Kier molecular flexibility index (Phi) is 18.0. The predicted molar refractivity (Wildman–Crippen MR) is 262 cm³/mol. The van der Waals surface area contributed by atoms with E-state index >= 15 is 0 Å². The van der Waals surface area contributed by atoms with Crippen molar-refractivity contribution in [3.8, 4) is 0 Å². The fourth-order valence-corrected chi connectivity index (χ4v) is 15.2. The highest BCUT2D eigenvalue weighted by atomic mass is 16.7. The van der Waals surface area contributed by atoms with Crippen LogP contribution >= 0.6 is 0 Å². The van der Waals surface area contributed by atoms with Gasteiger partial charge in [-0.3, -0.25) is 4.79 Å². The minimum Gasteiger partial charge on any atom is -0.462 e. The zero-order chi connectivity index (χ0) is 56.7. The van der Waals surface area contributed by atoms with Crippen molar-refractivity contribution in [3.05, 3.63) is 23.3 Å². The van der Waals surface area contributed by atoms with Gasteiger partial charge in [-0.2, -0.15) is 0 Å². The second-order valence-corrected chi connectivity index (χ2v) is 24.9. The number of carbonyl (C=O) groups excluding carboxylic acids is 1. The van der Waals surface area contributed by atoms with E-state index in [9.17, 15) is 81.4 Å². The second-order valence-electron chi connectivity index (χ2n) is 24.9. The maximum absolute atomic E-state index is 14.3. The molecule has 3 saturated carbocycles. The molecule has 0 amide bonds. The van der Waals surface area contributed by atoms with Gasteiger partial charge in [0.25, 0.3) is 0 Å². The first-order valence-corrected chi connectivity index (χ1v) is 27.2. The van der Waals surface area contributed by atoms with Crippen molar-refractivity contribution in [3.63, 3.8) is 0 Å². The number of ether oxygens (including phenoxy) is 7. The van der Waals surface area contributed by atoms with Crippen molar-refractivity contribution in [2.24, 2.45) is 44.3 Å². The first-order chi connectivity index (χ1) is 36.1. The van der Waals surface area contributed by atoms with Gasteiger partial charge in [0.05, 0.1) is 56.8 Å². The maximum Gasteiger partial charge on any atom is 0.312 e. The van der Waals surface area contributed by atoms with Crippen LogP contribution in [0.1, 0.15) is 92.9 Å². The van der Waals surface area contributed by atoms with E-state index in [-0.39, 0.29) is 44.3 Å². The molecule has 0 spiro atoms. The summed E-state index contributed by atoms with van der Waals surface area (Å²) in [6.45, 7) is 8.23. The van der Waals surface area contributed by atoms with Gasteiger partial charge in [-0.05, 0) is 93.5 Å². The zero-order valence-electron chi connectivity index (χ0n) is 44.7. The molecule has 24 heteroatoms. The molecule has 442 valence electrons. The second kappa shape index (κ2) is 22.7. The van der Waals surface area contributed by atoms with Gasteiger partial charge in [0.15, 0.2) is 18.9 Å². The minimum atomic E-state index is -1.84. The molecule has 8 rings (SSSR count). The molecule has 3 aliphatic heterocycles. The Morgan fingerprint density at radius 2 is 1.34 bits per heavy atom. The van der Waals surface area contributed by atoms with Crippen LogP contribution in [0.25, 0.3) is 0 Å². The van der Waals surface area contributed by atoms with Crippen LogP contribution in [0.3, 0.4) is 0 Å². The van der Waals surface area contributed by atoms with E-state index in [0.717, 1.165) is 11.1 Å². The average Bonchev–Trinajstić information content (AvgIpc) is 3.53. The Balaban J connectivity index is 1.000. The van der Waals surface area contributed by atoms with Crippen molar-refractivity contribution in [1.82, 2.24) is 0 Å². The van der Waals surface area contributed by atoms with Crippen LogP contribution in [0.4, 0.5) is 0 Å². The Labute approximate surface area is 447 Å². The number of aliphatic hydroxyl groups is 16. The van der Waals surface area contributed by atoms with Crippen LogP contribution < -0.4 is 0 Å². The van der Waals surface area contributed by atoms with Gasteiger partial charge < -0.3 is 115 Å². The van der Waals surface area contributed by atoms with Crippen molar-refractivity contribution in [2.45, 2.75) is 216 Å². The van der Waals surface area contributed by atoms with E-state index in [1.165, 1.54) is 0 Å². The third-order valence-corrected chi connectivity index (χ3v) is 20.6. The molecule has 3 heterocycles. The lowest BCUT2D eigenvalue weighted by atomic mass is 9.35. The molecule has 24 nitrogen and oxygen atoms in total. The molecule has 0 aromatic heterocycles. The summed E-state index contributed by atoms with van der Waals surface area (Å²) < 4.78 is 40.9. The minimum absolute atomic E-state index is 0.0984. The van der Waals surface area contributed by atoms with Crippen LogP contribution in [0.15, 0.2) is 23.3 Å². The highest BCUT2D eigenvalue weighted by Crippen LogP contribution is 2.74. The molecule has 5 unspecified atom stereocenters. The first kappa shape index (κ1) is 61.1. The number of hydrogen-bond donors (Lipinski definition) is 16. The Morgan fingerprint density at radius 3 is 1.97 bits per heavy atom. The highest BCUT2D eigenvalue weighted by Gasteiger charge is 2.69. The van der Waals surface area contributed by atoms with Gasteiger partial charge in [0, 0.05) is 16.2 Å². The lowest BCUT2D eigenvalue weighted by Crippen LogP contribution is -2.67. The van der Waals surface area contributed by atoms with Gasteiger partial charge >= 0.3 is 5.97 Å². The summed E-state index contributed by atoms with van der Waals surface area (Å²) in [6, 6.07) is 0. The van der Waals surface area contributed by atoms with Crippen LogP contribution in [0, 0.1) is 44.3 Å². The van der Waals surface area contributed by atoms with Gasteiger partial charge in [0.2, 0.25) is 0 Å². The Morgan fingerprint density at radius 1 is 0.701 bits per heavy atom. The molecule has 0 aromatic rings. The van der Waals surface area contributed by atoms with E-state index in [0.29, 0.717) is 32.1 Å². The smallest absolute Gasteiger partial charge is 0.312 e. The highest BCUT2D eigenvalue weighted by molar-refractivity contribution is 5.77. The van der Waals surface area contributed by atoms with Crippen LogP contribution in [-0.4, -0.2) is 250 Å². The third kappa shape index (κ3) is 10.1. The topological polar surface area (TPSA) is 405 Å².